The van der Waals surface area contributed by atoms with Crippen LogP contribution in [0.4, 0.5) is 4.39 Å². The summed E-state index contributed by atoms with van der Waals surface area (Å²) in [5, 5.41) is 3.23. The highest BCUT2D eigenvalue weighted by Gasteiger charge is 2.22. The summed E-state index contributed by atoms with van der Waals surface area (Å²) in [6, 6.07) is 6.42. The fraction of sp³-hybridized carbons (Fsp3) is 0.500. The van der Waals surface area contributed by atoms with Crippen LogP contribution in [0.25, 0.3) is 0 Å². The Kier molecular flexibility index (Phi) is 6.75. The fourth-order valence-electron chi connectivity index (χ4n) is 2.17. The van der Waals surface area contributed by atoms with Gasteiger partial charge in [0.15, 0.2) is 11.6 Å². The molecular weight excluding hydrogens is 283 g/mol. The second kappa shape index (κ2) is 8.07. The van der Waals surface area contributed by atoms with Gasteiger partial charge in [0.1, 0.15) is 0 Å². The Balaban J connectivity index is 0.00000200. The summed E-state index contributed by atoms with van der Waals surface area (Å²) in [6.45, 7) is 4.59. The Bertz CT molecular complexity index is 445. The molecule has 2 rings (SSSR count). The lowest BCUT2D eigenvalue weighted by atomic mass is 10.2. The van der Waals surface area contributed by atoms with Crippen molar-refractivity contribution in [2.75, 3.05) is 26.2 Å². The number of hydrogen-bond donors (Lipinski definition) is 1. The number of piperazine rings is 1. The molecule has 0 aromatic heterocycles. The van der Waals surface area contributed by atoms with Crippen LogP contribution in [0, 0.1) is 5.82 Å². The maximum Gasteiger partial charge on any atom is 0.226 e. The molecule has 1 heterocycles. The number of hydrogen-bond acceptors (Lipinski definition) is 3. The van der Waals surface area contributed by atoms with E-state index in [0.717, 1.165) is 19.6 Å². The molecule has 0 aliphatic carbocycles. The standard InChI is InChI=1S/C14H19FN2O2.ClH/c1-11-10-16-7-8-17(11)14(18)6-9-19-13-5-3-2-4-12(13)15;/h2-5,11,16H,6-10H2,1H3;1H/t11-;/m0./s1. The van der Waals surface area contributed by atoms with Gasteiger partial charge in [0, 0.05) is 25.7 Å². The molecule has 1 fully saturated rings. The monoisotopic (exact) mass is 302 g/mol. The van der Waals surface area contributed by atoms with Crippen molar-refractivity contribution in [2.24, 2.45) is 0 Å². The summed E-state index contributed by atoms with van der Waals surface area (Å²) in [6.07, 6.45) is 0.276. The molecule has 1 atom stereocenters. The van der Waals surface area contributed by atoms with Crippen LogP contribution in [0.1, 0.15) is 13.3 Å². The third kappa shape index (κ3) is 4.35. The van der Waals surface area contributed by atoms with Crippen LogP contribution in [-0.2, 0) is 4.79 Å². The predicted molar refractivity (Wildman–Crippen MR) is 77.8 cm³/mol. The summed E-state index contributed by atoms with van der Waals surface area (Å²) < 4.78 is 18.6. The quantitative estimate of drug-likeness (QED) is 0.923. The summed E-state index contributed by atoms with van der Waals surface area (Å²) in [5.74, 6) is -0.139. The van der Waals surface area contributed by atoms with Crippen molar-refractivity contribution in [2.45, 2.75) is 19.4 Å². The topological polar surface area (TPSA) is 41.6 Å². The first-order chi connectivity index (χ1) is 9.18. The maximum absolute atomic E-state index is 13.3. The number of nitrogens with one attached hydrogen (secondary N) is 1. The van der Waals surface area contributed by atoms with Crippen molar-refractivity contribution < 1.29 is 13.9 Å². The minimum absolute atomic E-state index is 0. The van der Waals surface area contributed by atoms with Crippen molar-refractivity contribution in [1.29, 1.82) is 0 Å². The van der Waals surface area contributed by atoms with Gasteiger partial charge in [-0.25, -0.2) is 4.39 Å². The normalized spacial score (nSPS) is 18.3. The second-order valence-corrected chi connectivity index (χ2v) is 4.67. The molecule has 0 unspecified atom stereocenters. The molecule has 1 aromatic rings. The average Bonchev–Trinajstić information content (AvgIpc) is 2.41. The Morgan fingerprint density at radius 1 is 1.50 bits per heavy atom. The summed E-state index contributed by atoms with van der Waals surface area (Å²) in [4.78, 5) is 13.9. The zero-order valence-electron chi connectivity index (χ0n) is 11.5. The lowest BCUT2D eigenvalue weighted by molar-refractivity contribution is -0.134. The van der Waals surface area contributed by atoms with Crippen molar-refractivity contribution in [3.8, 4) is 5.75 Å². The Labute approximate surface area is 124 Å². The van der Waals surface area contributed by atoms with E-state index in [1.807, 2.05) is 11.8 Å². The van der Waals surface area contributed by atoms with Crippen LogP contribution in [0.3, 0.4) is 0 Å². The van der Waals surface area contributed by atoms with Gasteiger partial charge in [-0.1, -0.05) is 12.1 Å². The van der Waals surface area contributed by atoms with Gasteiger partial charge in [-0.05, 0) is 19.1 Å². The number of benzene rings is 1. The molecule has 1 amide bonds. The highest BCUT2D eigenvalue weighted by atomic mass is 35.5. The number of carbonyl (C=O) groups is 1. The number of ether oxygens (including phenoxy) is 1. The zero-order chi connectivity index (χ0) is 13.7. The third-order valence-electron chi connectivity index (χ3n) is 3.23. The molecule has 6 heteroatoms. The van der Waals surface area contributed by atoms with Gasteiger partial charge < -0.3 is 15.0 Å². The molecule has 0 bridgehead atoms. The Hall–Kier alpha value is -1.33. The van der Waals surface area contributed by atoms with E-state index in [-0.39, 0.29) is 43.1 Å². The molecule has 112 valence electrons. The number of amides is 1. The van der Waals surface area contributed by atoms with E-state index in [9.17, 15) is 9.18 Å². The van der Waals surface area contributed by atoms with E-state index in [0.29, 0.717) is 0 Å². The van der Waals surface area contributed by atoms with Gasteiger partial charge in [-0.15, -0.1) is 12.4 Å². The SMILES string of the molecule is C[C@H]1CNCCN1C(=O)CCOc1ccccc1F.Cl. The molecule has 0 saturated carbocycles. The van der Waals surface area contributed by atoms with Crippen LogP contribution < -0.4 is 10.1 Å². The van der Waals surface area contributed by atoms with Crippen LogP contribution in [0.15, 0.2) is 24.3 Å². The van der Waals surface area contributed by atoms with E-state index in [4.69, 9.17) is 4.74 Å². The van der Waals surface area contributed by atoms with Crippen molar-refractivity contribution in [1.82, 2.24) is 10.2 Å². The van der Waals surface area contributed by atoms with Crippen LogP contribution in [0.2, 0.25) is 0 Å². The minimum atomic E-state index is -0.398. The first kappa shape index (κ1) is 16.7. The lowest BCUT2D eigenvalue weighted by Gasteiger charge is -2.34. The molecule has 1 saturated heterocycles. The highest BCUT2D eigenvalue weighted by molar-refractivity contribution is 5.85. The summed E-state index contributed by atoms with van der Waals surface area (Å²) in [7, 11) is 0. The molecule has 0 radical (unpaired) electrons. The molecule has 1 aliphatic rings. The van der Waals surface area contributed by atoms with E-state index in [1.165, 1.54) is 6.07 Å². The van der Waals surface area contributed by atoms with E-state index >= 15 is 0 Å². The van der Waals surface area contributed by atoms with E-state index in [2.05, 4.69) is 5.32 Å². The summed E-state index contributed by atoms with van der Waals surface area (Å²) in [5.41, 5.74) is 0. The van der Waals surface area contributed by atoms with Gasteiger partial charge in [-0.2, -0.15) is 0 Å². The molecular formula is C14H20ClFN2O2. The minimum Gasteiger partial charge on any atom is -0.490 e. The first-order valence-corrected chi connectivity index (χ1v) is 6.56. The molecule has 1 aliphatic heterocycles. The van der Waals surface area contributed by atoms with Crippen LogP contribution in [0.5, 0.6) is 5.75 Å². The van der Waals surface area contributed by atoms with Gasteiger partial charge in [0.25, 0.3) is 0 Å². The summed E-state index contributed by atoms with van der Waals surface area (Å²) >= 11 is 0. The van der Waals surface area contributed by atoms with Crippen LogP contribution >= 0.6 is 12.4 Å². The van der Waals surface area contributed by atoms with Crippen molar-refractivity contribution in [3.05, 3.63) is 30.1 Å². The lowest BCUT2D eigenvalue weighted by Crippen LogP contribution is -2.52. The van der Waals surface area contributed by atoms with Gasteiger partial charge in [-0.3, -0.25) is 4.79 Å². The molecule has 1 aromatic carbocycles. The number of rotatable bonds is 4. The van der Waals surface area contributed by atoms with Crippen molar-refractivity contribution in [3.63, 3.8) is 0 Å². The first-order valence-electron chi connectivity index (χ1n) is 6.56. The number of nitrogens with zero attached hydrogens (tertiary/aromatic N) is 1. The molecule has 1 N–H and O–H groups in total. The highest BCUT2D eigenvalue weighted by Crippen LogP contribution is 2.15. The fourth-order valence-corrected chi connectivity index (χ4v) is 2.17. The number of carbonyl (C=O) groups excluding carboxylic acids is 1. The third-order valence-corrected chi connectivity index (χ3v) is 3.23. The number of halogens is 2. The van der Waals surface area contributed by atoms with Gasteiger partial charge in [0.05, 0.1) is 13.0 Å². The predicted octanol–water partition coefficient (Wildman–Crippen LogP) is 1.84. The van der Waals surface area contributed by atoms with E-state index < -0.39 is 5.82 Å². The Morgan fingerprint density at radius 2 is 2.25 bits per heavy atom. The second-order valence-electron chi connectivity index (χ2n) is 4.67. The van der Waals surface area contributed by atoms with Crippen molar-refractivity contribution >= 4 is 18.3 Å². The number of para-hydroxylation sites is 1. The molecule has 0 spiro atoms. The van der Waals surface area contributed by atoms with Gasteiger partial charge in [0.2, 0.25) is 5.91 Å². The smallest absolute Gasteiger partial charge is 0.226 e. The molecule has 20 heavy (non-hydrogen) atoms. The molecule has 4 nitrogen and oxygen atoms in total. The Morgan fingerprint density at radius 3 is 2.95 bits per heavy atom. The largest absolute Gasteiger partial charge is 0.490 e. The van der Waals surface area contributed by atoms with E-state index in [1.54, 1.807) is 18.2 Å². The maximum atomic E-state index is 13.3. The van der Waals surface area contributed by atoms with Gasteiger partial charge >= 0.3 is 0 Å². The zero-order valence-corrected chi connectivity index (χ0v) is 12.3. The average molecular weight is 303 g/mol. The van der Waals surface area contributed by atoms with Crippen LogP contribution in [-0.4, -0.2) is 43.1 Å².